The molecule has 2 aromatic heterocycles. The summed E-state index contributed by atoms with van der Waals surface area (Å²) in [6.07, 6.45) is 3.78. The van der Waals surface area contributed by atoms with Crippen LogP contribution in [0.15, 0.2) is 97.3 Å². The summed E-state index contributed by atoms with van der Waals surface area (Å²) in [6, 6.07) is 29.7. The van der Waals surface area contributed by atoms with Crippen molar-refractivity contribution in [1.29, 1.82) is 0 Å². The third-order valence-corrected chi connectivity index (χ3v) is 10.7. The van der Waals surface area contributed by atoms with Crippen LogP contribution in [-0.4, -0.2) is 20.3 Å². The number of aromatic nitrogens is 2. The summed E-state index contributed by atoms with van der Waals surface area (Å²) in [5.41, 5.74) is 2.44. The number of hydrogen-bond acceptors (Lipinski definition) is 2. The topological polar surface area (TPSA) is 25.8 Å². The largest absolute Gasteiger partial charge is 2.00 e. The van der Waals surface area contributed by atoms with Gasteiger partial charge in [0.05, 0.1) is 10.9 Å². The van der Waals surface area contributed by atoms with Crippen LogP contribution >= 0.6 is 15.8 Å². The molecule has 174 valence electrons. The molecule has 2 aromatic carbocycles. The smallest absolute Gasteiger partial charge is 0.257 e. The maximum atomic E-state index is 4.53. The SMILES string of the molecule is CC(C)(C)P(c1ccccn1)[c-]1cccc1.CC(C)(C)P(c1ccccn1)[c-]1cccc1.[Fe+2]. The van der Waals surface area contributed by atoms with Crippen molar-refractivity contribution >= 4 is 37.3 Å². The summed E-state index contributed by atoms with van der Waals surface area (Å²) in [5.74, 6) is 0. The Bertz CT molecular complexity index is 945. The second kappa shape index (κ2) is 12.2. The molecule has 0 fully saturated rings. The average molecular weight is 516 g/mol. The quantitative estimate of drug-likeness (QED) is 0.187. The first-order valence-corrected chi connectivity index (χ1v) is 13.7. The van der Waals surface area contributed by atoms with Crippen LogP contribution < -0.4 is 21.5 Å². The van der Waals surface area contributed by atoms with E-state index in [1.54, 1.807) is 0 Å². The predicted octanol–water partition coefficient (Wildman–Crippen LogP) is 6.06. The van der Waals surface area contributed by atoms with Gasteiger partial charge >= 0.3 is 17.1 Å². The summed E-state index contributed by atoms with van der Waals surface area (Å²) in [7, 11) is -0.732. The van der Waals surface area contributed by atoms with Crippen molar-refractivity contribution in [1.82, 2.24) is 9.97 Å². The van der Waals surface area contributed by atoms with Crippen molar-refractivity contribution in [3.05, 3.63) is 97.3 Å². The molecular formula is C28H34FeN2P2. The molecule has 4 rings (SSSR count). The fourth-order valence-corrected chi connectivity index (χ4v) is 8.95. The zero-order valence-electron chi connectivity index (χ0n) is 20.4. The molecule has 5 heteroatoms. The summed E-state index contributed by atoms with van der Waals surface area (Å²) in [6.45, 7) is 13.8. The van der Waals surface area contributed by atoms with Gasteiger partial charge in [0.2, 0.25) is 0 Å². The molecule has 2 heterocycles. The molecule has 0 amide bonds. The molecule has 0 radical (unpaired) electrons. The zero-order chi connectivity index (χ0) is 23.2. The maximum Gasteiger partial charge on any atom is 2.00 e. The monoisotopic (exact) mass is 516 g/mol. The van der Waals surface area contributed by atoms with Gasteiger partial charge in [0, 0.05) is 12.4 Å². The molecular weight excluding hydrogens is 482 g/mol. The Morgan fingerprint density at radius 2 is 0.879 bits per heavy atom. The first kappa shape index (κ1) is 27.6. The molecule has 2 unspecified atom stereocenters. The Balaban J connectivity index is 0.000000227. The number of rotatable bonds is 4. The molecule has 33 heavy (non-hydrogen) atoms. The van der Waals surface area contributed by atoms with Gasteiger partial charge in [-0.15, -0.1) is 10.6 Å². The van der Waals surface area contributed by atoms with E-state index in [1.807, 2.05) is 24.5 Å². The molecule has 2 atom stereocenters. The van der Waals surface area contributed by atoms with Crippen molar-refractivity contribution in [3.63, 3.8) is 0 Å². The van der Waals surface area contributed by atoms with Gasteiger partial charge in [-0.1, -0.05) is 69.5 Å². The van der Waals surface area contributed by atoms with Gasteiger partial charge in [-0.3, -0.25) is 9.97 Å². The van der Waals surface area contributed by atoms with Crippen LogP contribution in [0.5, 0.6) is 0 Å². The van der Waals surface area contributed by atoms with Crippen LogP contribution in [0.2, 0.25) is 0 Å². The number of nitrogens with zero attached hydrogens (tertiary/aromatic N) is 2. The van der Waals surface area contributed by atoms with E-state index < -0.39 is 0 Å². The van der Waals surface area contributed by atoms with Crippen LogP contribution in [0.3, 0.4) is 0 Å². The minimum Gasteiger partial charge on any atom is -0.257 e. The Kier molecular flexibility index (Phi) is 10.2. The second-order valence-corrected chi connectivity index (χ2v) is 15.6. The van der Waals surface area contributed by atoms with Gasteiger partial charge in [0.25, 0.3) is 0 Å². The summed E-state index contributed by atoms with van der Waals surface area (Å²) in [5, 5.41) is 3.33. The van der Waals surface area contributed by atoms with Gasteiger partial charge in [-0.2, -0.15) is 24.3 Å². The molecule has 2 nitrogen and oxygen atoms in total. The van der Waals surface area contributed by atoms with Crippen LogP contribution in [0.1, 0.15) is 41.5 Å². The molecule has 4 aromatic rings. The molecule has 0 saturated heterocycles. The van der Waals surface area contributed by atoms with Crippen molar-refractivity contribution in [2.24, 2.45) is 0 Å². The first-order chi connectivity index (χ1) is 15.2. The Hall–Kier alpha value is -1.62. The van der Waals surface area contributed by atoms with E-state index in [1.165, 1.54) is 21.5 Å². The fraction of sp³-hybridized carbons (Fsp3) is 0.286. The number of pyridine rings is 2. The van der Waals surface area contributed by atoms with Gasteiger partial charge in [-0.25, -0.2) is 24.3 Å². The predicted molar refractivity (Wildman–Crippen MR) is 144 cm³/mol. The van der Waals surface area contributed by atoms with E-state index in [-0.39, 0.29) is 43.2 Å². The Morgan fingerprint density at radius 3 is 1.12 bits per heavy atom. The third-order valence-electron chi connectivity index (χ3n) is 4.90. The standard InChI is InChI=1S/2C14H17NP.Fe/c2*1-14(2,3)16(12-8-4-5-9-12)13-10-6-7-11-15-13;/h2*4-11H,1-3H3;/q2*-1;+2. The van der Waals surface area contributed by atoms with Gasteiger partial charge in [0.1, 0.15) is 0 Å². The van der Waals surface area contributed by atoms with E-state index in [4.69, 9.17) is 0 Å². The third kappa shape index (κ3) is 7.70. The molecule has 0 saturated carbocycles. The first-order valence-electron chi connectivity index (χ1n) is 11.0. The minimum atomic E-state index is -0.366. The molecule has 0 N–H and O–H groups in total. The van der Waals surface area contributed by atoms with Gasteiger partial charge < -0.3 is 0 Å². The fourth-order valence-electron chi connectivity index (χ4n) is 3.72. The molecule has 0 aliphatic rings. The van der Waals surface area contributed by atoms with Crippen LogP contribution in [0, 0.1) is 0 Å². The van der Waals surface area contributed by atoms with E-state index in [0.29, 0.717) is 0 Å². The summed E-state index contributed by atoms with van der Waals surface area (Å²) < 4.78 is 0. The van der Waals surface area contributed by atoms with Crippen molar-refractivity contribution in [3.8, 4) is 0 Å². The number of hydrogen-bond donors (Lipinski definition) is 0. The second-order valence-electron chi connectivity index (χ2n) is 9.67. The van der Waals surface area contributed by atoms with E-state index in [9.17, 15) is 0 Å². The van der Waals surface area contributed by atoms with Crippen LogP contribution in [0.25, 0.3) is 0 Å². The van der Waals surface area contributed by atoms with E-state index in [0.717, 1.165) is 0 Å². The maximum absolute atomic E-state index is 4.53. The minimum absolute atomic E-state index is 0. The Morgan fingerprint density at radius 1 is 0.545 bits per heavy atom. The normalized spacial score (nSPS) is 13.3. The Labute approximate surface area is 213 Å². The van der Waals surface area contributed by atoms with Crippen LogP contribution in [-0.2, 0) is 17.1 Å². The van der Waals surface area contributed by atoms with Crippen molar-refractivity contribution in [2.75, 3.05) is 0 Å². The molecule has 0 spiro atoms. The summed E-state index contributed by atoms with van der Waals surface area (Å²) in [4.78, 5) is 9.06. The molecule has 0 bridgehead atoms. The van der Waals surface area contributed by atoms with Gasteiger partial charge in [-0.05, 0) is 34.6 Å². The molecule has 0 aliphatic carbocycles. The summed E-state index contributed by atoms with van der Waals surface area (Å²) >= 11 is 0. The van der Waals surface area contributed by atoms with E-state index >= 15 is 0 Å². The van der Waals surface area contributed by atoms with E-state index in [2.05, 4.69) is 124 Å². The molecule has 0 aliphatic heterocycles. The van der Waals surface area contributed by atoms with Crippen molar-refractivity contribution < 1.29 is 17.1 Å². The zero-order valence-corrected chi connectivity index (χ0v) is 23.3. The van der Waals surface area contributed by atoms with Crippen LogP contribution in [0.4, 0.5) is 0 Å². The average Bonchev–Trinajstić information content (AvgIpc) is 3.43. The van der Waals surface area contributed by atoms with Crippen molar-refractivity contribution in [2.45, 2.75) is 51.9 Å². The van der Waals surface area contributed by atoms with Gasteiger partial charge in [0.15, 0.2) is 0 Å².